The molecule has 1 aromatic carbocycles. The standard InChI is InChI=1S/C14H13NO4/c1-3-8-19-13-12(9-16)15(14(13)17)10-4-6-11(18-2)7-5-10/h1,4-7,9,12-13H,8H2,2H3/t12-,13+/m0/s1. The predicted molar refractivity (Wildman–Crippen MR) is 68.9 cm³/mol. The molecule has 19 heavy (non-hydrogen) atoms. The Morgan fingerprint density at radius 2 is 2.11 bits per heavy atom. The summed E-state index contributed by atoms with van der Waals surface area (Å²) in [6.07, 6.45) is 4.97. The van der Waals surface area contributed by atoms with Crippen LogP contribution in [-0.4, -0.2) is 38.1 Å². The van der Waals surface area contributed by atoms with Crippen molar-refractivity contribution in [1.82, 2.24) is 0 Å². The van der Waals surface area contributed by atoms with Crippen molar-refractivity contribution in [2.75, 3.05) is 18.6 Å². The molecule has 1 amide bonds. The smallest absolute Gasteiger partial charge is 0.259 e. The van der Waals surface area contributed by atoms with Gasteiger partial charge in [0.1, 0.15) is 24.7 Å². The van der Waals surface area contributed by atoms with Crippen LogP contribution < -0.4 is 9.64 Å². The fraction of sp³-hybridized carbons (Fsp3) is 0.286. The lowest BCUT2D eigenvalue weighted by Crippen LogP contribution is -2.67. The molecule has 1 fully saturated rings. The van der Waals surface area contributed by atoms with E-state index in [0.29, 0.717) is 17.7 Å². The van der Waals surface area contributed by atoms with Gasteiger partial charge in [0.2, 0.25) is 0 Å². The first-order valence-electron chi connectivity index (χ1n) is 5.70. The zero-order valence-corrected chi connectivity index (χ0v) is 10.4. The predicted octanol–water partition coefficient (Wildman–Crippen LogP) is 0.628. The highest BCUT2D eigenvalue weighted by Crippen LogP contribution is 2.30. The quantitative estimate of drug-likeness (QED) is 0.442. The summed E-state index contributed by atoms with van der Waals surface area (Å²) in [6.45, 7) is 0.0111. The maximum atomic E-state index is 11.9. The van der Waals surface area contributed by atoms with Gasteiger partial charge in [0.25, 0.3) is 5.91 Å². The lowest BCUT2D eigenvalue weighted by molar-refractivity contribution is -0.144. The maximum Gasteiger partial charge on any atom is 0.259 e. The molecule has 0 aliphatic carbocycles. The summed E-state index contributed by atoms with van der Waals surface area (Å²) in [7, 11) is 1.56. The van der Waals surface area contributed by atoms with E-state index >= 15 is 0 Å². The van der Waals surface area contributed by atoms with E-state index in [1.807, 2.05) is 0 Å². The van der Waals surface area contributed by atoms with Crippen LogP contribution in [0.1, 0.15) is 0 Å². The molecule has 2 atom stereocenters. The zero-order chi connectivity index (χ0) is 13.8. The Kier molecular flexibility index (Phi) is 3.83. The molecule has 0 saturated carbocycles. The molecule has 0 bridgehead atoms. The molecule has 0 radical (unpaired) electrons. The molecule has 1 aromatic rings. The average molecular weight is 259 g/mol. The number of rotatable bonds is 5. The van der Waals surface area contributed by atoms with E-state index in [9.17, 15) is 9.59 Å². The van der Waals surface area contributed by atoms with E-state index in [4.69, 9.17) is 15.9 Å². The number of anilines is 1. The SMILES string of the molecule is C#CCO[C@H]1C(=O)N(c2ccc(OC)cc2)[C@H]1C=O. The summed E-state index contributed by atoms with van der Waals surface area (Å²) < 4.78 is 10.2. The highest BCUT2D eigenvalue weighted by molar-refractivity contribution is 6.10. The monoisotopic (exact) mass is 259 g/mol. The Bertz CT molecular complexity index is 517. The van der Waals surface area contributed by atoms with Gasteiger partial charge in [-0.25, -0.2) is 0 Å². The van der Waals surface area contributed by atoms with Gasteiger partial charge in [-0.1, -0.05) is 5.92 Å². The topological polar surface area (TPSA) is 55.8 Å². The normalized spacial score (nSPS) is 21.5. The third-order valence-corrected chi connectivity index (χ3v) is 2.93. The summed E-state index contributed by atoms with van der Waals surface area (Å²) in [6, 6.07) is 6.24. The van der Waals surface area contributed by atoms with Gasteiger partial charge in [-0.3, -0.25) is 9.69 Å². The van der Waals surface area contributed by atoms with Gasteiger partial charge in [-0.05, 0) is 24.3 Å². The Morgan fingerprint density at radius 1 is 1.42 bits per heavy atom. The van der Waals surface area contributed by atoms with Gasteiger partial charge >= 0.3 is 0 Å². The number of carbonyl (C=O) groups excluding carboxylic acids is 2. The van der Waals surface area contributed by atoms with Crippen molar-refractivity contribution in [3.05, 3.63) is 24.3 Å². The minimum atomic E-state index is -0.782. The highest BCUT2D eigenvalue weighted by atomic mass is 16.5. The Labute approximate surface area is 111 Å². The van der Waals surface area contributed by atoms with Gasteiger partial charge in [0.05, 0.1) is 7.11 Å². The van der Waals surface area contributed by atoms with E-state index in [-0.39, 0.29) is 12.5 Å². The summed E-state index contributed by atoms with van der Waals surface area (Å²) >= 11 is 0. The largest absolute Gasteiger partial charge is 0.497 e. The third kappa shape index (κ3) is 2.30. The number of terminal acetylenes is 1. The number of aldehydes is 1. The molecule has 1 aliphatic rings. The van der Waals surface area contributed by atoms with Crippen LogP contribution in [0.2, 0.25) is 0 Å². The molecule has 0 unspecified atom stereocenters. The second-order valence-electron chi connectivity index (χ2n) is 3.97. The van der Waals surface area contributed by atoms with Gasteiger partial charge in [-0.2, -0.15) is 0 Å². The summed E-state index contributed by atoms with van der Waals surface area (Å²) in [5, 5.41) is 0. The van der Waals surface area contributed by atoms with Crippen LogP contribution in [-0.2, 0) is 14.3 Å². The molecule has 0 aromatic heterocycles. The Balaban J connectivity index is 2.14. The second-order valence-corrected chi connectivity index (χ2v) is 3.97. The van der Waals surface area contributed by atoms with Crippen molar-refractivity contribution in [2.45, 2.75) is 12.1 Å². The van der Waals surface area contributed by atoms with Crippen molar-refractivity contribution in [2.24, 2.45) is 0 Å². The lowest BCUT2D eigenvalue weighted by Gasteiger charge is -2.43. The lowest BCUT2D eigenvalue weighted by atomic mass is 9.98. The average Bonchev–Trinajstić information content (AvgIpc) is 2.45. The summed E-state index contributed by atoms with van der Waals surface area (Å²) in [5.41, 5.74) is 0.628. The fourth-order valence-electron chi connectivity index (χ4n) is 1.97. The molecule has 5 heteroatoms. The fourth-order valence-corrected chi connectivity index (χ4v) is 1.97. The number of nitrogens with zero attached hydrogens (tertiary/aromatic N) is 1. The number of benzene rings is 1. The zero-order valence-electron chi connectivity index (χ0n) is 10.4. The molecule has 1 saturated heterocycles. The van der Waals surface area contributed by atoms with Gasteiger partial charge in [-0.15, -0.1) is 6.42 Å². The van der Waals surface area contributed by atoms with Crippen LogP contribution in [0.4, 0.5) is 5.69 Å². The minimum absolute atomic E-state index is 0.0111. The first-order chi connectivity index (χ1) is 9.22. The van der Waals surface area contributed by atoms with Gasteiger partial charge in [0.15, 0.2) is 6.10 Å². The van der Waals surface area contributed by atoms with Crippen molar-refractivity contribution >= 4 is 17.9 Å². The molecule has 0 spiro atoms. The highest BCUT2D eigenvalue weighted by Gasteiger charge is 2.49. The molecular formula is C14H13NO4. The molecular weight excluding hydrogens is 246 g/mol. The van der Waals surface area contributed by atoms with Crippen molar-refractivity contribution < 1.29 is 19.1 Å². The number of β-lactam (4-membered cyclic amide) rings is 1. The molecule has 5 nitrogen and oxygen atoms in total. The van der Waals surface area contributed by atoms with Gasteiger partial charge < -0.3 is 14.3 Å². The molecule has 0 N–H and O–H groups in total. The van der Waals surface area contributed by atoms with E-state index < -0.39 is 12.1 Å². The van der Waals surface area contributed by atoms with Crippen molar-refractivity contribution in [3.8, 4) is 18.1 Å². The van der Waals surface area contributed by atoms with E-state index in [1.165, 1.54) is 4.90 Å². The van der Waals surface area contributed by atoms with E-state index in [0.717, 1.165) is 0 Å². The van der Waals surface area contributed by atoms with E-state index in [1.54, 1.807) is 31.4 Å². The third-order valence-electron chi connectivity index (χ3n) is 2.93. The first-order valence-corrected chi connectivity index (χ1v) is 5.70. The number of hydrogen-bond donors (Lipinski definition) is 0. The van der Waals surface area contributed by atoms with Crippen molar-refractivity contribution in [1.29, 1.82) is 0 Å². The van der Waals surface area contributed by atoms with Crippen LogP contribution in [0.25, 0.3) is 0 Å². The maximum absolute atomic E-state index is 11.9. The van der Waals surface area contributed by atoms with Crippen LogP contribution in [0, 0.1) is 12.3 Å². The van der Waals surface area contributed by atoms with Crippen molar-refractivity contribution in [3.63, 3.8) is 0 Å². The molecule has 1 aliphatic heterocycles. The summed E-state index contributed by atoms with van der Waals surface area (Å²) in [5.74, 6) is 2.69. The van der Waals surface area contributed by atoms with Crippen LogP contribution in [0.15, 0.2) is 24.3 Å². The first kappa shape index (κ1) is 13.1. The van der Waals surface area contributed by atoms with Crippen LogP contribution in [0.3, 0.4) is 0 Å². The number of hydrogen-bond acceptors (Lipinski definition) is 4. The Morgan fingerprint density at radius 3 is 2.63 bits per heavy atom. The molecule has 2 rings (SSSR count). The number of ether oxygens (including phenoxy) is 2. The number of amides is 1. The van der Waals surface area contributed by atoms with Crippen LogP contribution >= 0.6 is 0 Å². The molecule has 98 valence electrons. The number of carbonyl (C=O) groups is 2. The van der Waals surface area contributed by atoms with Crippen LogP contribution in [0.5, 0.6) is 5.75 Å². The summed E-state index contributed by atoms with van der Waals surface area (Å²) in [4.78, 5) is 24.4. The molecule has 1 heterocycles. The van der Waals surface area contributed by atoms with E-state index in [2.05, 4.69) is 5.92 Å². The Hall–Kier alpha value is -2.32. The minimum Gasteiger partial charge on any atom is -0.497 e. The van der Waals surface area contributed by atoms with Gasteiger partial charge in [0, 0.05) is 5.69 Å². The number of methoxy groups -OCH3 is 1. The second kappa shape index (κ2) is 5.55.